The lowest BCUT2D eigenvalue weighted by Crippen LogP contribution is -2.42. The molecule has 4 heteroatoms. The van der Waals surface area contributed by atoms with Crippen molar-refractivity contribution in [2.75, 3.05) is 19.7 Å². The molecule has 0 spiro atoms. The summed E-state index contributed by atoms with van der Waals surface area (Å²) < 4.78 is 19.5. The lowest BCUT2D eigenvalue weighted by Gasteiger charge is -2.24. The first-order valence-corrected chi connectivity index (χ1v) is 5.80. The van der Waals surface area contributed by atoms with Crippen LogP contribution in [0.15, 0.2) is 30.3 Å². The molecule has 1 aromatic carbocycles. The van der Waals surface area contributed by atoms with Crippen molar-refractivity contribution in [3.8, 4) is 0 Å². The number of alkyl halides is 1. The highest BCUT2D eigenvalue weighted by Crippen LogP contribution is 2.36. The third-order valence-electron chi connectivity index (χ3n) is 3.10. The molecule has 0 amide bonds. The number of nitrogens with one attached hydrogen (secondary N) is 1. The number of esters is 1. The quantitative estimate of drug-likeness (QED) is 0.812. The molecule has 0 radical (unpaired) electrons. The molecular formula is C13H16FNO2. The van der Waals surface area contributed by atoms with Crippen LogP contribution in [0.3, 0.4) is 0 Å². The molecule has 1 saturated heterocycles. The average Bonchev–Trinajstić information content (AvgIpc) is 2.74. The van der Waals surface area contributed by atoms with Gasteiger partial charge in [-0.05, 0) is 12.5 Å². The first-order valence-electron chi connectivity index (χ1n) is 5.80. The smallest absolute Gasteiger partial charge is 0.345 e. The van der Waals surface area contributed by atoms with Gasteiger partial charge in [0.05, 0.1) is 6.61 Å². The Morgan fingerprint density at radius 2 is 2.24 bits per heavy atom. The zero-order chi connectivity index (χ0) is 12.3. The summed E-state index contributed by atoms with van der Waals surface area (Å²) in [6.45, 7) is 2.36. The lowest BCUT2D eigenvalue weighted by molar-refractivity contribution is -0.157. The van der Waals surface area contributed by atoms with Crippen LogP contribution >= 0.6 is 0 Å². The van der Waals surface area contributed by atoms with Crippen LogP contribution in [0.1, 0.15) is 18.4 Å². The molecular weight excluding hydrogens is 221 g/mol. The second-order valence-corrected chi connectivity index (χ2v) is 4.18. The van der Waals surface area contributed by atoms with Crippen molar-refractivity contribution in [1.82, 2.24) is 5.32 Å². The summed E-state index contributed by atoms with van der Waals surface area (Å²) in [5, 5.41) is 2.92. The first kappa shape index (κ1) is 12.0. The van der Waals surface area contributed by atoms with Crippen LogP contribution in [0.5, 0.6) is 0 Å². The summed E-state index contributed by atoms with van der Waals surface area (Å²) in [7, 11) is 0. The van der Waals surface area contributed by atoms with Crippen molar-refractivity contribution < 1.29 is 13.9 Å². The Morgan fingerprint density at radius 3 is 2.88 bits per heavy atom. The molecule has 1 aliphatic rings. The van der Waals surface area contributed by atoms with Crippen LogP contribution < -0.4 is 5.32 Å². The number of halogens is 1. The summed E-state index contributed by atoms with van der Waals surface area (Å²) in [5.74, 6) is -1.23. The van der Waals surface area contributed by atoms with Gasteiger partial charge >= 0.3 is 5.97 Å². The molecule has 0 unspecified atom stereocenters. The van der Waals surface area contributed by atoms with Gasteiger partial charge in [-0.1, -0.05) is 30.3 Å². The van der Waals surface area contributed by atoms with Gasteiger partial charge < -0.3 is 10.1 Å². The minimum atomic E-state index is -1.95. The Balaban J connectivity index is 2.25. The predicted octanol–water partition coefficient (Wildman–Crippen LogP) is 1.64. The Morgan fingerprint density at radius 1 is 1.53 bits per heavy atom. The number of ether oxygens (including phenoxy) is 1. The molecule has 2 rings (SSSR count). The van der Waals surface area contributed by atoms with E-state index >= 15 is 0 Å². The SMILES string of the molecule is CCOC(=O)[C@]1(F)CNC[C@@H]1c1ccccc1. The van der Waals surface area contributed by atoms with E-state index in [4.69, 9.17) is 4.74 Å². The maximum absolute atomic E-state index is 14.7. The molecule has 3 nitrogen and oxygen atoms in total. The van der Waals surface area contributed by atoms with E-state index in [1.807, 2.05) is 30.3 Å². The predicted molar refractivity (Wildman–Crippen MR) is 62.5 cm³/mol. The highest BCUT2D eigenvalue weighted by molar-refractivity contribution is 5.82. The van der Waals surface area contributed by atoms with Gasteiger partial charge in [0, 0.05) is 19.0 Å². The van der Waals surface area contributed by atoms with Gasteiger partial charge in [-0.15, -0.1) is 0 Å². The van der Waals surface area contributed by atoms with E-state index in [9.17, 15) is 9.18 Å². The number of rotatable bonds is 3. The van der Waals surface area contributed by atoms with Crippen LogP contribution in [-0.4, -0.2) is 31.3 Å². The van der Waals surface area contributed by atoms with E-state index in [0.29, 0.717) is 6.54 Å². The summed E-state index contributed by atoms with van der Waals surface area (Å²) in [6.07, 6.45) is 0. The second kappa shape index (κ2) is 4.84. The van der Waals surface area contributed by atoms with E-state index in [1.165, 1.54) is 0 Å². The van der Waals surface area contributed by atoms with E-state index < -0.39 is 17.6 Å². The average molecular weight is 237 g/mol. The molecule has 2 atom stereocenters. The maximum atomic E-state index is 14.7. The van der Waals surface area contributed by atoms with Crippen LogP contribution in [0.2, 0.25) is 0 Å². The van der Waals surface area contributed by atoms with Crippen molar-refractivity contribution in [3.05, 3.63) is 35.9 Å². The highest BCUT2D eigenvalue weighted by atomic mass is 19.1. The number of benzene rings is 1. The van der Waals surface area contributed by atoms with Crippen LogP contribution in [-0.2, 0) is 9.53 Å². The molecule has 0 aliphatic carbocycles. The van der Waals surface area contributed by atoms with Gasteiger partial charge in [0.25, 0.3) is 0 Å². The Bertz CT molecular complexity index is 396. The third kappa shape index (κ3) is 2.17. The van der Waals surface area contributed by atoms with E-state index in [2.05, 4.69) is 5.32 Å². The third-order valence-corrected chi connectivity index (χ3v) is 3.10. The maximum Gasteiger partial charge on any atom is 0.345 e. The number of hydrogen-bond acceptors (Lipinski definition) is 3. The van der Waals surface area contributed by atoms with Gasteiger partial charge in [0.15, 0.2) is 0 Å². The topological polar surface area (TPSA) is 38.3 Å². The summed E-state index contributed by atoms with van der Waals surface area (Å²) in [5.41, 5.74) is -1.12. The molecule has 1 fully saturated rings. The van der Waals surface area contributed by atoms with Crippen molar-refractivity contribution in [1.29, 1.82) is 0 Å². The fourth-order valence-corrected chi connectivity index (χ4v) is 2.22. The highest BCUT2D eigenvalue weighted by Gasteiger charge is 2.51. The minimum absolute atomic E-state index is 0.0192. The Kier molecular flexibility index (Phi) is 3.43. The lowest BCUT2D eigenvalue weighted by atomic mass is 9.86. The number of hydrogen-bond donors (Lipinski definition) is 1. The molecule has 0 aromatic heterocycles. The van der Waals surface area contributed by atoms with Crippen LogP contribution in [0, 0.1) is 0 Å². The molecule has 92 valence electrons. The fourth-order valence-electron chi connectivity index (χ4n) is 2.22. The summed E-state index contributed by atoms with van der Waals surface area (Å²) in [6, 6.07) is 9.24. The van der Waals surface area contributed by atoms with E-state index in [0.717, 1.165) is 5.56 Å². The van der Waals surface area contributed by atoms with Gasteiger partial charge in [0.1, 0.15) is 0 Å². The zero-order valence-electron chi connectivity index (χ0n) is 9.78. The largest absolute Gasteiger partial charge is 0.464 e. The second-order valence-electron chi connectivity index (χ2n) is 4.18. The van der Waals surface area contributed by atoms with Crippen LogP contribution in [0.4, 0.5) is 4.39 Å². The summed E-state index contributed by atoms with van der Waals surface area (Å²) >= 11 is 0. The fraction of sp³-hybridized carbons (Fsp3) is 0.462. The molecule has 1 heterocycles. The Hall–Kier alpha value is -1.42. The van der Waals surface area contributed by atoms with Gasteiger partial charge in [0.2, 0.25) is 5.67 Å². The zero-order valence-corrected chi connectivity index (χ0v) is 9.78. The van der Waals surface area contributed by atoms with Crippen molar-refractivity contribution in [2.24, 2.45) is 0 Å². The van der Waals surface area contributed by atoms with Crippen LogP contribution in [0.25, 0.3) is 0 Å². The molecule has 0 bridgehead atoms. The van der Waals surface area contributed by atoms with E-state index in [-0.39, 0.29) is 13.2 Å². The van der Waals surface area contributed by atoms with Gasteiger partial charge in [-0.25, -0.2) is 9.18 Å². The van der Waals surface area contributed by atoms with Gasteiger partial charge in [-0.2, -0.15) is 0 Å². The molecule has 1 aromatic rings. The Labute approximate surface area is 100.0 Å². The monoisotopic (exact) mass is 237 g/mol. The van der Waals surface area contributed by atoms with Crippen molar-refractivity contribution in [2.45, 2.75) is 18.5 Å². The molecule has 0 saturated carbocycles. The summed E-state index contributed by atoms with van der Waals surface area (Å²) in [4.78, 5) is 11.7. The molecule has 1 N–H and O–H groups in total. The van der Waals surface area contributed by atoms with Gasteiger partial charge in [-0.3, -0.25) is 0 Å². The van der Waals surface area contributed by atoms with E-state index in [1.54, 1.807) is 6.92 Å². The normalized spacial score (nSPS) is 28.0. The first-order chi connectivity index (χ1) is 8.18. The minimum Gasteiger partial charge on any atom is -0.464 e. The standard InChI is InChI=1S/C13H16FNO2/c1-2-17-12(16)13(14)9-15-8-11(13)10-6-4-3-5-7-10/h3-7,11,15H,2,8-9H2,1H3/t11-,13+/m1/s1. The van der Waals surface area contributed by atoms with Crippen molar-refractivity contribution in [3.63, 3.8) is 0 Å². The number of carbonyl (C=O) groups is 1. The van der Waals surface area contributed by atoms with Crippen molar-refractivity contribution >= 4 is 5.97 Å². The number of carbonyl (C=O) groups excluding carboxylic acids is 1. The molecule has 1 aliphatic heterocycles. The molecule has 17 heavy (non-hydrogen) atoms.